The molecular weight excluding hydrogens is 646 g/mol. The Bertz CT molecular complexity index is 1570. The number of aromatic nitrogens is 1. The molecule has 274 valence electrons. The molecule has 0 saturated carbocycles. The monoisotopic (exact) mass is 697 g/mol. The Hall–Kier alpha value is -4.95. The van der Waals surface area contributed by atoms with Gasteiger partial charge in [0.25, 0.3) is 0 Å². The summed E-state index contributed by atoms with van der Waals surface area (Å²) in [5.41, 5.74) is 15.9. The Morgan fingerprint density at radius 3 is 2.14 bits per heavy atom. The van der Waals surface area contributed by atoms with Gasteiger partial charge in [-0.05, 0) is 81.1 Å². The number of carbonyl (C=O) groups is 6. The Morgan fingerprint density at radius 1 is 0.900 bits per heavy atom. The van der Waals surface area contributed by atoms with E-state index in [1.807, 2.05) is 38.1 Å². The lowest BCUT2D eigenvalue weighted by molar-refractivity contribution is -0.155. The zero-order valence-corrected chi connectivity index (χ0v) is 30.0. The molecule has 0 aliphatic rings. The maximum Gasteiger partial charge on any atom is 0.306 e. The van der Waals surface area contributed by atoms with Gasteiger partial charge in [-0.1, -0.05) is 45.9 Å². The van der Waals surface area contributed by atoms with E-state index >= 15 is 0 Å². The molecule has 1 aromatic carbocycles. The summed E-state index contributed by atoms with van der Waals surface area (Å²) in [4.78, 5) is 83.6. The molecular formula is C34H51N9O7. The van der Waals surface area contributed by atoms with Gasteiger partial charge in [0.15, 0.2) is 0 Å². The first-order valence-corrected chi connectivity index (χ1v) is 16.7. The minimum atomic E-state index is -1.26. The van der Waals surface area contributed by atoms with Crippen LogP contribution < -0.4 is 27.0 Å². The molecule has 5 amide bonds. The predicted molar refractivity (Wildman–Crippen MR) is 187 cm³/mol. The largest absolute Gasteiger partial charge is 0.460 e. The molecule has 7 N–H and O–H groups in total. The first-order valence-electron chi connectivity index (χ1n) is 16.7. The summed E-state index contributed by atoms with van der Waals surface area (Å²) in [5.74, 6) is -4.69. The average molecular weight is 698 g/mol. The number of benzene rings is 1. The molecule has 0 spiro atoms. The van der Waals surface area contributed by atoms with Crippen molar-refractivity contribution in [3.8, 4) is 0 Å². The summed E-state index contributed by atoms with van der Waals surface area (Å²) >= 11 is 0. The van der Waals surface area contributed by atoms with E-state index in [0.29, 0.717) is 0 Å². The summed E-state index contributed by atoms with van der Waals surface area (Å²) in [6.45, 7) is 13.5. The number of hydrogen-bond donors (Lipinski definition) is 6. The number of para-hydroxylation sites is 1. The molecule has 5 atom stereocenters. The van der Waals surface area contributed by atoms with Gasteiger partial charge >= 0.3 is 5.97 Å². The summed E-state index contributed by atoms with van der Waals surface area (Å²) < 4.78 is 5.36. The van der Waals surface area contributed by atoms with Gasteiger partial charge in [0, 0.05) is 28.4 Å². The highest BCUT2D eigenvalue weighted by Gasteiger charge is 2.32. The molecule has 0 saturated heterocycles. The molecule has 0 aliphatic heterocycles. The number of nitrogens with one attached hydrogen (secondary N) is 5. The van der Waals surface area contributed by atoms with Crippen LogP contribution in [0.3, 0.4) is 0 Å². The standard InChI is InChI=1S/C34H51N9O7/c1-18(2)15-26(32(48)42-43-36)40-33(49)28(19(3)4)41-29(45)20(5)38-31(47)25(13-14-27(44)50-34(6,7)8)39-30(46)23(35)16-21-17-37-24-12-10-9-11-22(21)24/h9-12,17-20,23,25-26,28,37H,13-16,35H2,1-8H3,(H,38,47)(H,39,46)(H,40,49)(H,41,45)/t20-,23-,25+,26-,28+/m0/s1. The van der Waals surface area contributed by atoms with Crippen LogP contribution >= 0.6 is 0 Å². The fourth-order valence-corrected chi connectivity index (χ4v) is 5.09. The van der Waals surface area contributed by atoms with Gasteiger partial charge in [0.05, 0.1) is 12.1 Å². The molecule has 50 heavy (non-hydrogen) atoms. The molecule has 2 aromatic rings. The van der Waals surface area contributed by atoms with Crippen molar-refractivity contribution in [3.63, 3.8) is 0 Å². The second-order valence-corrected chi connectivity index (χ2v) is 14.0. The van der Waals surface area contributed by atoms with Gasteiger partial charge < -0.3 is 36.7 Å². The zero-order valence-electron chi connectivity index (χ0n) is 30.0. The van der Waals surface area contributed by atoms with Gasteiger partial charge in [-0.25, -0.2) is 0 Å². The molecule has 0 unspecified atom stereocenters. The van der Waals surface area contributed by atoms with Crippen molar-refractivity contribution >= 4 is 46.4 Å². The maximum atomic E-state index is 13.5. The fraction of sp³-hybridized carbons (Fsp3) is 0.588. The van der Waals surface area contributed by atoms with Crippen LogP contribution in [-0.4, -0.2) is 76.3 Å². The van der Waals surface area contributed by atoms with Crippen molar-refractivity contribution in [1.29, 1.82) is 0 Å². The highest BCUT2D eigenvalue weighted by atomic mass is 16.6. The van der Waals surface area contributed by atoms with E-state index in [-0.39, 0.29) is 31.6 Å². The number of nitrogens with zero attached hydrogens (tertiary/aromatic N) is 3. The zero-order chi connectivity index (χ0) is 37.8. The van der Waals surface area contributed by atoms with Crippen molar-refractivity contribution in [2.75, 3.05) is 0 Å². The molecule has 16 nitrogen and oxygen atoms in total. The van der Waals surface area contributed by atoms with Crippen molar-refractivity contribution in [2.45, 2.75) is 117 Å². The average Bonchev–Trinajstić information content (AvgIpc) is 3.42. The molecule has 1 aromatic heterocycles. The van der Waals surface area contributed by atoms with E-state index in [4.69, 9.17) is 16.0 Å². The number of carbonyl (C=O) groups excluding carboxylic acids is 6. The van der Waals surface area contributed by atoms with Crippen molar-refractivity contribution < 1.29 is 33.5 Å². The van der Waals surface area contributed by atoms with Crippen molar-refractivity contribution in [1.82, 2.24) is 26.3 Å². The number of esters is 1. The van der Waals surface area contributed by atoms with Crippen molar-refractivity contribution in [3.05, 3.63) is 46.5 Å². The van der Waals surface area contributed by atoms with E-state index in [1.54, 1.807) is 40.8 Å². The number of azide groups is 1. The Labute approximate surface area is 292 Å². The number of H-pyrrole nitrogens is 1. The van der Waals surface area contributed by atoms with Gasteiger partial charge in [-0.3, -0.25) is 28.8 Å². The molecule has 0 fully saturated rings. The fourth-order valence-electron chi connectivity index (χ4n) is 5.09. The maximum absolute atomic E-state index is 13.5. The van der Waals surface area contributed by atoms with Gasteiger partial charge in [0.1, 0.15) is 23.7 Å². The van der Waals surface area contributed by atoms with Gasteiger partial charge in [-0.15, -0.1) is 0 Å². The predicted octanol–water partition coefficient (Wildman–Crippen LogP) is 2.66. The molecule has 0 radical (unpaired) electrons. The number of ether oxygens (including phenoxy) is 1. The third-order valence-corrected chi connectivity index (χ3v) is 7.61. The smallest absolute Gasteiger partial charge is 0.306 e. The molecule has 0 aliphatic carbocycles. The summed E-state index contributed by atoms with van der Waals surface area (Å²) in [6, 6.07) is 1.85. The first kappa shape index (κ1) is 41.2. The molecule has 2 rings (SSSR count). The summed E-state index contributed by atoms with van der Waals surface area (Å²) in [6.07, 6.45) is 1.78. The van der Waals surface area contributed by atoms with Crippen molar-refractivity contribution in [2.24, 2.45) is 22.7 Å². The highest BCUT2D eigenvalue weighted by molar-refractivity contribution is 5.96. The lowest BCUT2D eigenvalue weighted by Crippen LogP contribution is -2.58. The van der Waals surface area contributed by atoms with E-state index in [2.05, 4.69) is 36.3 Å². The Morgan fingerprint density at radius 2 is 1.54 bits per heavy atom. The van der Waals surface area contributed by atoms with Gasteiger partial charge in [-0.2, -0.15) is 0 Å². The lowest BCUT2D eigenvalue weighted by Gasteiger charge is -2.27. The van der Waals surface area contributed by atoms with E-state index < -0.39 is 77.2 Å². The topological polar surface area (TPSA) is 250 Å². The quantitative estimate of drug-likeness (QED) is 0.0619. The number of fused-ring (bicyclic) bond motifs is 1. The van der Waals surface area contributed by atoms with E-state index in [9.17, 15) is 28.8 Å². The lowest BCUT2D eigenvalue weighted by atomic mass is 9.99. The number of aromatic amines is 1. The van der Waals surface area contributed by atoms with Crippen LogP contribution in [0.25, 0.3) is 21.3 Å². The van der Waals surface area contributed by atoms with Gasteiger partial charge in [0.2, 0.25) is 29.5 Å². The van der Waals surface area contributed by atoms with Crippen LogP contribution in [0.4, 0.5) is 0 Å². The van der Waals surface area contributed by atoms with Crippen LogP contribution in [0.15, 0.2) is 35.6 Å². The second-order valence-electron chi connectivity index (χ2n) is 14.0. The third kappa shape index (κ3) is 13.2. The number of hydrogen-bond acceptors (Lipinski definition) is 8. The van der Waals surface area contributed by atoms with Crippen LogP contribution in [-0.2, 0) is 39.9 Å². The van der Waals surface area contributed by atoms with E-state index in [0.717, 1.165) is 16.5 Å². The van der Waals surface area contributed by atoms with Crippen LogP contribution in [0.1, 0.15) is 80.2 Å². The number of amides is 5. The minimum Gasteiger partial charge on any atom is -0.460 e. The second kappa shape index (κ2) is 18.7. The van der Waals surface area contributed by atoms with E-state index in [1.165, 1.54) is 6.92 Å². The number of nitrogens with two attached hydrogens (primary N) is 1. The molecule has 16 heteroatoms. The normalized spacial score (nSPS) is 14.5. The summed E-state index contributed by atoms with van der Waals surface area (Å²) in [7, 11) is 0. The number of rotatable bonds is 17. The molecule has 0 bridgehead atoms. The summed E-state index contributed by atoms with van der Waals surface area (Å²) in [5, 5.41) is 14.3. The SMILES string of the molecule is CC(C)C[C@H](NC(=O)[C@H](NC(=O)[C@H](C)NC(=O)[C@@H](CCC(=O)OC(C)(C)C)NC(=O)[C@@H](N)Cc1c[nH]c2ccccc12)C(C)C)C(=O)N=[N+]=[N-]. The van der Waals surface area contributed by atoms with Crippen LogP contribution in [0, 0.1) is 11.8 Å². The Balaban J connectivity index is 2.16. The van der Waals surface area contributed by atoms with Crippen LogP contribution in [0.5, 0.6) is 0 Å². The van der Waals surface area contributed by atoms with Crippen LogP contribution in [0.2, 0.25) is 0 Å². The highest BCUT2D eigenvalue weighted by Crippen LogP contribution is 2.19. The Kier molecular flexibility index (Phi) is 15.4. The molecule has 1 heterocycles. The first-order chi connectivity index (χ1) is 23.3. The third-order valence-electron chi connectivity index (χ3n) is 7.61. The minimum absolute atomic E-state index is 0.0210.